The molecule has 0 radical (unpaired) electrons. The molecule has 0 saturated heterocycles. The lowest BCUT2D eigenvalue weighted by atomic mass is 9.87. The molecule has 0 heterocycles. The fraction of sp³-hybridized carbons (Fsp3) is 0.875. The van der Waals surface area contributed by atoms with Crippen molar-refractivity contribution in [1.82, 2.24) is 0 Å². The van der Waals surface area contributed by atoms with Crippen LogP contribution in [0.4, 0.5) is 0 Å². The smallest absolute Gasteiger partial charge is 0.302 e. The molecule has 0 saturated carbocycles. The van der Waals surface area contributed by atoms with Gasteiger partial charge in [0.15, 0.2) is 0 Å². The molecule has 0 atom stereocenters. The summed E-state index contributed by atoms with van der Waals surface area (Å²) in [6.45, 7) is 8.29. The summed E-state index contributed by atoms with van der Waals surface area (Å²) in [5.41, 5.74) is 0. The fourth-order valence-electron chi connectivity index (χ4n) is 1.13. The van der Waals surface area contributed by atoms with Crippen molar-refractivity contribution in [1.29, 1.82) is 0 Å². The summed E-state index contributed by atoms with van der Waals surface area (Å²) < 4.78 is 0. The van der Waals surface area contributed by atoms with Gasteiger partial charge in [0.2, 0.25) is 0 Å². The van der Waals surface area contributed by atoms with E-state index in [0.29, 0.717) is 11.8 Å². The fourth-order valence-corrected chi connectivity index (χ4v) is 1.13. The zero-order valence-electron chi connectivity index (χ0n) is 7.09. The number of hydrogen-bond donors (Lipinski definition) is 0. The second-order valence-electron chi connectivity index (χ2n) is 3.23. The molecule has 0 aliphatic carbocycles. The minimum atomic E-state index is 0.206. The van der Waals surface area contributed by atoms with Gasteiger partial charge in [-0.05, 0) is 11.8 Å². The topological polar surface area (TPSA) is 27.4 Å². The lowest BCUT2D eigenvalue weighted by Gasteiger charge is -2.12. The molecule has 2 heteroatoms. The molecule has 0 rings (SSSR count). The summed E-state index contributed by atoms with van der Waals surface area (Å²) in [6, 6.07) is 2.55. The molecule has 0 aromatic heterocycles. The van der Waals surface area contributed by atoms with Crippen molar-refractivity contribution in [2.24, 2.45) is 17.8 Å². The predicted octanol–water partition coefficient (Wildman–Crippen LogP) is 2.75. The average molecular weight is 141 g/mol. The maximum absolute atomic E-state index is 9.86. The molecule has 0 aliphatic rings. The zero-order valence-corrected chi connectivity index (χ0v) is 7.09. The van der Waals surface area contributed by atoms with E-state index in [1.165, 1.54) is 0 Å². The first-order valence-electron chi connectivity index (χ1n) is 3.67. The van der Waals surface area contributed by atoms with E-state index in [4.69, 9.17) is 0 Å². The van der Waals surface area contributed by atoms with Gasteiger partial charge in [0.25, 0.3) is 0 Å². The predicted molar refractivity (Wildman–Crippen MR) is 43.8 cm³/mol. The van der Waals surface area contributed by atoms with Crippen LogP contribution in [0.25, 0.3) is 5.01 Å². The number of nitrogens with zero attached hydrogens (tertiary/aromatic N) is 1. The lowest BCUT2D eigenvalue weighted by molar-refractivity contribution is 0.369. The molecule has 2 nitrogen and oxygen atoms in total. The Morgan fingerprint density at radius 1 is 1.10 bits per heavy atom. The highest BCUT2D eigenvalue weighted by Crippen LogP contribution is 2.19. The quantitative estimate of drug-likeness (QED) is 0.543. The van der Waals surface area contributed by atoms with E-state index in [1.54, 1.807) is 0 Å². The van der Waals surface area contributed by atoms with Gasteiger partial charge < -0.3 is 5.21 Å². The minimum Gasteiger partial charge on any atom is -0.498 e. The molecule has 0 spiro atoms. The Morgan fingerprint density at radius 2 is 1.50 bits per heavy atom. The van der Waals surface area contributed by atoms with E-state index in [1.807, 2.05) is 0 Å². The van der Waals surface area contributed by atoms with E-state index in [9.17, 15) is 5.21 Å². The molecule has 0 amide bonds. The number of hydrogen-bond acceptors (Lipinski definition) is 1. The van der Waals surface area contributed by atoms with Gasteiger partial charge in [0.05, 0.1) is 5.92 Å². The number of rotatable bonds is 2. The first-order chi connectivity index (χ1) is 4.59. The standard InChI is InChI=1S/C8H15NO/c1-6(2)8(5-9-10)7(3)4/h6-8H,1-4H3. The molecule has 58 valence electrons. The van der Waals surface area contributed by atoms with Crippen molar-refractivity contribution in [3.05, 3.63) is 10.2 Å². The highest BCUT2D eigenvalue weighted by Gasteiger charge is 2.19. The highest BCUT2D eigenvalue weighted by atomic mass is 16.4. The molecule has 0 N–H and O–H groups in total. The van der Waals surface area contributed by atoms with Gasteiger partial charge in [-0.25, -0.2) is 0 Å². The van der Waals surface area contributed by atoms with Crippen LogP contribution in [0.2, 0.25) is 0 Å². The SMILES string of the molecule is CC(C)C(C#[N+][O-])C(C)C. The van der Waals surface area contributed by atoms with Crippen LogP contribution in [0.1, 0.15) is 27.7 Å². The van der Waals surface area contributed by atoms with Crippen LogP contribution in [-0.2, 0) is 0 Å². The van der Waals surface area contributed by atoms with E-state index < -0.39 is 0 Å². The highest BCUT2D eigenvalue weighted by molar-refractivity contribution is 4.97. The van der Waals surface area contributed by atoms with Crippen molar-refractivity contribution >= 4 is 0 Å². The van der Waals surface area contributed by atoms with E-state index in [0.717, 1.165) is 0 Å². The van der Waals surface area contributed by atoms with Crippen LogP contribution in [0.15, 0.2) is 0 Å². The van der Waals surface area contributed by atoms with Crippen LogP contribution < -0.4 is 0 Å². The molecule has 0 unspecified atom stereocenters. The third-order valence-electron chi connectivity index (χ3n) is 1.64. The lowest BCUT2D eigenvalue weighted by Crippen LogP contribution is -2.12. The van der Waals surface area contributed by atoms with Gasteiger partial charge in [-0.2, -0.15) is 0 Å². The first kappa shape index (κ1) is 9.29. The van der Waals surface area contributed by atoms with Crippen molar-refractivity contribution in [2.75, 3.05) is 0 Å². The third-order valence-corrected chi connectivity index (χ3v) is 1.64. The second kappa shape index (κ2) is 4.16. The Bertz CT molecular complexity index is 133. The monoisotopic (exact) mass is 141 g/mol. The molecule has 0 bridgehead atoms. The maximum atomic E-state index is 9.86. The van der Waals surface area contributed by atoms with Gasteiger partial charge in [-0.15, -0.1) is 0 Å². The Hall–Kier alpha value is -0.710. The minimum absolute atomic E-state index is 0.206. The molecule has 0 aliphatic heterocycles. The summed E-state index contributed by atoms with van der Waals surface area (Å²) >= 11 is 0. The van der Waals surface area contributed by atoms with Gasteiger partial charge in [0.1, 0.15) is 0 Å². The molecular weight excluding hydrogens is 126 g/mol. The normalized spacial score (nSPS) is 10.3. The molecule has 0 aromatic carbocycles. The van der Waals surface area contributed by atoms with Gasteiger partial charge in [-0.1, -0.05) is 27.7 Å². The Labute approximate surface area is 62.6 Å². The maximum Gasteiger partial charge on any atom is 0.302 e. The molecule has 10 heavy (non-hydrogen) atoms. The van der Waals surface area contributed by atoms with Gasteiger partial charge in [-0.3, -0.25) is 0 Å². The summed E-state index contributed by atoms with van der Waals surface area (Å²) in [4.78, 5) is 0. The van der Waals surface area contributed by atoms with Crippen LogP contribution in [0, 0.1) is 29.0 Å². The summed E-state index contributed by atoms with van der Waals surface area (Å²) in [7, 11) is 0. The molecule has 0 fully saturated rings. The third kappa shape index (κ3) is 2.72. The van der Waals surface area contributed by atoms with Crippen LogP contribution >= 0.6 is 0 Å². The average Bonchev–Trinajstić information content (AvgIpc) is 1.81. The first-order valence-corrected chi connectivity index (χ1v) is 3.67. The van der Waals surface area contributed by atoms with Crippen molar-refractivity contribution in [2.45, 2.75) is 27.7 Å². The largest absolute Gasteiger partial charge is 0.498 e. The van der Waals surface area contributed by atoms with E-state index in [-0.39, 0.29) is 5.92 Å². The Morgan fingerprint density at radius 3 is 1.60 bits per heavy atom. The van der Waals surface area contributed by atoms with E-state index >= 15 is 0 Å². The summed E-state index contributed by atoms with van der Waals surface area (Å²) in [5, 5.41) is 12.5. The van der Waals surface area contributed by atoms with E-state index in [2.05, 4.69) is 38.8 Å². The molecule has 0 aromatic rings. The van der Waals surface area contributed by atoms with Crippen molar-refractivity contribution in [3.8, 4) is 6.07 Å². The van der Waals surface area contributed by atoms with Gasteiger partial charge >= 0.3 is 6.07 Å². The summed E-state index contributed by atoms with van der Waals surface area (Å²) in [6.07, 6.45) is 0. The van der Waals surface area contributed by atoms with Crippen LogP contribution in [0.5, 0.6) is 0 Å². The Balaban J connectivity index is 4.07. The van der Waals surface area contributed by atoms with Crippen LogP contribution in [-0.4, -0.2) is 0 Å². The van der Waals surface area contributed by atoms with Crippen molar-refractivity contribution in [3.63, 3.8) is 0 Å². The zero-order chi connectivity index (χ0) is 8.15. The Kier molecular flexibility index (Phi) is 3.87. The van der Waals surface area contributed by atoms with Gasteiger partial charge in [0, 0.05) is 5.01 Å². The van der Waals surface area contributed by atoms with Crippen LogP contribution in [0.3, 0.4) is 0 Å². The summed E-state index contributed by atoms with van der Waals surface area (Å²) in [5.74, 6) is 1.12. The van der Waals surface area contributed by atoms with Crippen molar-refractivity contribution < 1.29 is 0 Å². The molecular formula is C8H15NO. The second-order valence-corrected chi connectivity index (χ2v) is 3.23.